The highest BCUT2D eigenvalue weighted by molar-refractivity contribution is 9.10. The van der Waals surface area contributed by atoms with E-state index in [1.165, 1.54) is 0 Å². The zero-order chi connectivity index (χ0) is 8.97. The van der Waals surface area contributed by atoms with Crippen molar-refractivity contribution in [2.45, 2.75) is 0 Å². The van der Waals surface area contributed by atoms with E-state index in [2.05, 4.69) is 21.9 Å². The predicted octanol–water partition coefficient (Wildman–Crippen LogP) is 3.11. The van der Waals surface area contributed by atoms with Crippen molar-refractivity contribution >= 4 is 27.5 Å². The monoisotopic (exact) mass is 244 g/mol. The van der Waals surface area contributed by atoms with E-state index in [1.807, 2.05) is 6.07 Å². The third-order valence-electron chi connectivity index (χ3n) is 1.20. The van der Waals surface area contributed by atoms with Gasteiger partial charge in [0.25, 0.3) is 0 Å². The van der Waals surface area contributed by atoms with E-state index in [0.717, 1.165) is 4.47 Å². The Morgan fingerprint density at radius 3 is 2.92 bits per heavy atom. The van der Waals surface area contributed by atoms with E-state index >= 15 is 0 Å². The molecule has 0 fully saturated rings. The molecule has 0 aliphatic rings. The molecule has 0 unspecified atom stereocenters. The molecule has 1 aromatic carbocycles. The summed E-state index contributed by atoms with van der Waals surface area (Å²) in [5, 5.41) is 0.555. The van der Waals surface area contributed by atoms with Crippen LogP contribution >= 0.6 is 27.5 Å². The Labute approximate surface area is 84.8 Å². The van der Waals surface area contributed by atoms with Crippen LogP contribution in [-0.4, -0.2) is 6.61 Å². The van der Waals surface area contributed by atoms with Gasteiger partial charge < -0.3 is 4.74 Å². The number of halogens is 2. The van der Waals surface area contributed by atoms with Gasteiger partial charge in [-0.1, -0.05) is 33.5 Å². The molecule has 62 valence electrons. The molecule has 0 saturated heterocycles. The minimum atomic E-state index is 0.237. The molecule has 0 aromatic heterocycles. The highest BCUT2D eigenvalue weighted by Gasteiger charge is 1.99. The van der Waals surface area contributed by atoms with Crippen molar-refractivity contribution in [2.75, 3.05) is 6.61 Å². The fraction of sp³-hybridized carbons (Fsp3) is 0.111. The summed E-state index contributed by atoms with van der Waals surface area (Å²) in [7, 11) is 0. The summed E-state index contributed by atoms with van der Waals surface area (Å²) < 4.78 is 6.07. The summed E-state index contributed by atoms with van der Waals surface area (Å²) in [6.07, 6.45) is 5.03. The molecule has 12 heavy (non-hydrogen) atoms. The normalized spacial score (nSPS) is 9.08. The molecular weight excluding hydrogens is 239 g/mol. The Balaban J connectivity index is 2.81. The first-order valence-corrected chi connectivity index (χ1v) is 4.42. The molecule has 0 bridgehead atoms. The molecule has 0 radical (unpaired) electrons. The van der Waals surface area contributed by atoms with Crippen LogP contribution in [0, 0.1) is 12.3 Å². The zero-order valence-corrected chi connectivity index (χ0v) is 8.52. The Hall–Kier alpha value is -0.650. The standard InChI is InChI=1S/C9H6BrClO/c1-2-5-12-9-4-3-7(10)6-8(9)11/h1,3-4,6H,5H2. The van der Waals surface area contributed by atoms with Crippen molar-refractivity contribution in [3.63, 3.8) is 0 Å². The summed E-state index contributed by atoms with van der Waals surface area (Å²) in [6, 6.07) is 5.37. The maximum atomic E-state index is 5.84. The number of rotatable bonds is 2. The first-order valence-electron chi connectivity index (χ1n) is 3.25. The molecule has 0 amide bonds. The average molecular weight is 246 g/mol. The van der Waals surface area contributed by atoms with Gasteiger partial charge in [0.15, 0.2) is 0 Å². The van der Waals surface area contributed by atoms with E-state index in [9.17, 15) is 0 Å². The van der Waals surface area contributed by atoms with Gasteiger partial charge in [-0.15, -0.1) is 6.42 Å². The third kappa shape index (κ3) is 2.44. The minimum Gasteiger partial charge on any atom is -0.479 e. The molecule has 0 aliphatic carbocycles. The molecule has 1 rings (SSSR count). The average Bonchev–Trinajstić information content (AvgIpc) is 2.03. The lowest BCUT2D eigenvalue weighted by Crippen LogP contribution is -1.93. The number of hydrogen-bond donors (Lipinski definition) is 0. The molecular formula is C9H6BrClO. The number of hydrogen-bond acceptors (Lipinski definition) is 1. The van der Waals surface area contributed by atoms with E-state index < -0.39 is 0 Å². The summed E-state index contributed by atoms with van der Waals surface area (Å²) in [6.45, 7) is 0.237. The smallest absolute Gasteiger partial charge is 0.148 e. The zero-order valence-electron chi connectivity index (χ0n) is 6.18. The van der Waals surface area contributed by atoms with Gasteiger partial charge in [0.2, 0.25) is 0 Å². The van der Waals surface area contributed by atoms with Crippen molar-refractivity contribution in [1.82, 2.24) is 0 Å². The van der Waals surface area contributed by atoms with Crippen LogP contribution < -0.4 is 4.74 Å². The van der Waals surface area contributed by atoms with Crippen LogP contribution in [0.4, 0.5) is 0 Å². The molecule has 1 nitrogen and oxygen atoms in total. The molecule has 0 spiro atoms. The summed E-state index contributed by atoms with van der Waals surface area (Å²) in [4.78, 5) is 0. The van der Waals surface area contributed by atoms with E-state index in [0.29, 0.717) is 10.8 Å². The second kappa shape index (κ2) is 4.39. The minimum absolute atomic E-state index is 0.237. The van der Waals surface area contributed by atoms with Gasteiger partial charge in [-0.25, -0.2) is 0 Å². The highest BCUT2D eigenvalue weighted by atomic mass is 79.9. The quantitative estimate of drug-likeness (QED) is 0.728. The second-order valence-corrected chi connectivity index (χ2v) is 3.39. The van der Waals surface area contributed by atoms with Gasteiger partial charge >= 0.3 is 0 Å². The van der Waals surface area contributed by atoms with Crippen molar-refractivity contribution in [3.8, 4) is 18.1 Å². The maximum absolute atomic E-state index is 5.84. The molecule has 0 atom stereocenters. The molecule has 0 saturated carbocycles. The van der Waals surface area contributed by atoms with E-state index in [-0.39, 0.29) is 6.61 Å². The maximum Gasteiger partial charge on any atom is 0.148 e. The topological polar surface area (TPSA) is 9.23 Å². The summed E-state index contributed by atoms with van der Waals surface area (Å²) in [5.74, 6) is 2.97. The van der Waals surface area contributed by atoms with Crippen LogP contribution in [0.5, 0.6) is 5.75 Å². The summed E-state index contributed by atoms with van der Waals surface area (Å²) in [5.41, 5.74) is 0. The predicted molar refractivity (Wildman–Crippen MR) is 53.5 cm³/mol. The number of terminal acetylenes is 1. The van der Waals surface area contributed by atoms with Crippen LogP contribution in [-0.2, 0) is 0 Å². The lowest BCUT2D eigenvalue weighted by Gasteiger charge is -2.03. The lowest BCUT2D eigenvalue weighted by molar-refractivity contribution is 0.370. The SMILES string of the molecule is C#CCOc1ccc(Br)cc1Cl. The Morgan fingerprint density at radius 1 is 1.58 bits per heavy atom. The fourth-order valence-electron chi connectivity index (χ4n) is 0.712. The van der Waals surface area contributed by atoms with Crippen LogP contribution in [0.25, 0.3) is 0 Å². The number of benzene rings is 1. The van der Waals surface area contributed by atoms with Gasteiger partial charge in [-0.3, -0.25) is 0 Å². The van der Waals surface area contributed by atoms with E-state index in [4.69, 9.17) is 22.8 Å². The van der Waals surface area contributed by atoms with Gasteiger partial charge in [0.05, 0.1) is 5.02 Å². The van der Waals surface area contributed by atoms with Gasteiger partial charge in [0.1, 0.15) is 12.4 Å². The second-order valence-electron chi connectivity index (χ2n) is 2.07. The molecule has 0 aliphatic heterocycles. The Bertz CT molecular complexity index is 317. The summed E-state index contributed by atoms with van der Waals surface area (Å²) >= 11 is 9.13. The van der Waals surface area contributed by atoms with Crippen LogP contribution in [0.15, 0.2) is 22.7 Å². The van der Waals surface area contributed by atoms with E-state index in [1.54, 1.807) is 12.1 Å². The van der Waals surface area contributed by atoms with Gasteiger partial charge in [-0.05, 0) is 18.2 Å². The molecule has 0 heterocycles. The number of ether oxygens (including phenoxy) is 1. The van der Waals surface area contributed by atoms with Crippen LogP contribution in [0.1, 0.15) is 0 Å². The van der Waals surface area contributed by atoms with Crippen LogP contribution in [0.2, 0.25) is 5.02 Å². The van der Waals surface area contributed by atoms with Crippen molar-refractivity contribution in [3.05, 3.63) is 27.7 Å². The first kappa shape index (κ1) is 9.44. The van der Waals surface area contributed by atoms with Crippen molar-refractivity contribution in [2.24, 2.45) is 0 Å². The Morgan fingerprint density at radius 2 is 2.33 bits per heavy atom. The van der Waals surface area contributed by atoms with Gasteiger partial charge in [0, 0.05) is 4.47 Å². The van der Waals surface area contributed by atoms with Gasteiger partial charge in [-0.2, -0.15) is 0 Å². The molecule has 3 heteroatoms. The largest absolute Gasteiger partial charge is 0.479 e. The highest BCUT2D eigenvalue weighted by Crippen LogP contribution is 2.27. The van der Waals surface area contributed by atoms with Crippen LogP contribution in [0.3, 0.4) is 0 Å². The van der Waals surface area contributed by atoms with Crippen molar-refractivity contribution in [1.29, 1.82) is 0 Å². The molecule has 1 aromatic rings. The van der Waals surface area contributed by atoms with Crippen molar-refractivity contribution < 1.29 is 4.74 Å². The first-order chi connectivity index (χ1) is 5.74. The third-order valence-corrected chi connectivity index (χ3v) is 1.99. The lowest BCUT2D eigenvalue weighted by atomic mass is 10.3. The fourth-order valence-corrected chi connectivity index (χ4v) is 1.44. The Kier molecular flexibility index (Phi) is 3.46. The molecule has 0 N–H and O–H groups in total.